The van der Waals surface area contributed by atoms with E-state index in [0.717, 1.165) is 24.5 Å². The first-order valence-electron chi connectivity index (χ1n) is 6.60. The molecule has 3 nitrogen and oxygen atoms in total. The van der Waals surface area contributed by atoms with Crippen molar-refractivity contribution in [1.29, 1.82) is 0 Å². The van der Waals surface area contributed by atoms with Gasteiger partial charge in [0.2, 0.25) is 12.5 Å². The molecule has 0 aliphatic carbocycles. The van der Waals surface area contributed by atoms with E-state index in [4.69, 9.17) is 9.47 Å². The van der Waals surface area contributed by atoms with Crippen LogP contribution in [0.5, 0.6) is 11.5 Å². The molecule has 0 N–H and O–H groups in total. The van der Waals surface area contributed by atoms with Gasteiger partial charge in [0.15, 0.2) is 24.3 Å². The van der Waals surface area contributed by atoms with Crippen LogP contribution in [-0.4, -0.2) is 24.1 Å². The largest absolute Gasteiger partial charge is 0.454 e. The Morgan fingerprint density at radius 2 is 1.85 bits per heavy atom. The van der Waals surface area contributed by atoms with Crippen LogP contribution in [0.3, 0.4) is 0 Å². The number of halogens is 1. The first-order valence-corrected chi connectivity index (χ1v) is 7.68. The van der Waals surface area contributed by atoms with Crippen molar-refractivity contribution in [3.8, 4) is 11.5 Å². The Kier molecular flexibility index (Phi) is 2.91. The molecule has 0 spiro atoms. The van der Waals surface area contributed by atoms with Gasteiger partial charge in [-0.25, -0.2) is 0 Å². The molecule has 2 aliphatic heterocycles. The third-order valence-electron chi connectivity index (χ3n) is 3.71. The van der Waals surface area contributed by atoms with Gasteiger partial charge in [-0.05, 0) is 46.4 Å². The molecule has 0 amide bonds. The lowest BCUT2D eigenvalue weighted by molar-refractivity contribution is -0.437. The zero-order chi connectivity index (χ0) is 13.5. The molecule has 0 unspecified atom stereocenters. The summed E-state index contributed by atoms with van der Waals surface area (Å²) < 4.78 is 14.5. The predicted molar refractivity (Wildman–Crippen MR) is 85.4 cm³/mol. The highest BCUT2D eigenvalue weighted by Gasteiger charge is 2.24. The van der Waals surface area contributed by atoms with Gasteiger partial charge in [-0.2, -0.15) is 4.58 Å². The van der Waals surface area contributed by atoms with E-state index < -0.39 is 0 Å². The fourth-order valence-electron chi connectivity index (χ4n) is 2.68. The zero-order valence-electron chi connectivity index (χ0n) is 10.8. The molecule has 0 radical (unpaired) electrons. The molecule has 2 aromatic carbocycles. The number of rotatable bonds is 1. The van der Waals surface area contributed by atoms with Gasteiger partial charge in [-0.3, -0.25) is 0 Å². The Bertz CT molecular complexity index is 724. The first-order chi connectivity index (χ1) is 9.81. The molecule has 0 saturated heterocycles. The molecular weight excluding hydrogens is 365 g/mol. The van der Waals surface area contributed by atoms with Crippen molar-refractivity contribution in [2.24, 2.45) is 0 Å². The molecule has 0 aromatic heterocycles. The van der Waals surface area contributed by atoms with E-state index in [2.05, 4.69) is 69.8 Å². The summed E-state index contributed by atoms with van der Waals surface area (Å²) in [7, 11) is 0. The van der Waals surface area contributed by atoms with E-state index in [1.54, 1.807) is 0 Å². The summed E-state index contributed by atoms with van der Waals surface area (Å²) in [5.74, 6) is 1.73. The van der Waals surface area contributed by atoms with Crippen molar-refractivity contribution < 1.29 is 14.0 Å². The third-order valence-corrected chi connectivity index (χ3v) is 4.63. The summed E-state index contributed by atoms with van der Waals surface area (Å²) in [6, 6.07) is 12.7. The molecular formula is C16H13INO2+. The maximum atomic E-state index is 5.47. The van der Waals surface area contributed by atoms with Crippen LogP contribution in [0.25, 0.3) is 0 Å². The Labute approximate surface area is 131 Å². The maximum Gasteiger partial charge on any atom is 0.231 e. The minimum atomic E-state index is 0.332. The average molecular weight is 378 g/mol. The van der Waals surface area contributed by atoms with Crippen LogP contribution in [0, 0.1) is 3.57 Å². The second kappa shape index (κ2) is 4.77. The van der Waals surface area contributed by atoms with Crippen molar-refractivity contribution in [1.82, 2.24) is 0 Å². The predicted octanol–water partition coefficient (Wildman–Crippen LogP) is 3.34. The fourth-order valence-corrected chi connectivity index (χ4v) is 3.38. The molecule has 0 bridgehead atoms. The van der Waals surface area contributed by atoms with Gasteiger partial charge in [0, 0.05) is 18.1 Å². The number of hydrogen-bond donors (Lipinski definition) is 0. The van der Waals surface area contributed by atoms with Crippen LogP contribution < -0.4 is 9.47 Å². The Balaban J connectivity index is 1.80. The molecule has 100 valence electrons. The summed E-state index contributed by atoms with van der Waals surface area (Å²) in [6.07, 6.45) is 3.23. The van der Waals surface area contributed by atoms with Gasteiger partial charge in [0.25, 0.3) is 0 Å². The van der Waals surface area contributed by atoms with Crippen LogP contribution in [0.1, 0.15) is 11.1 Å². The number of ether oxygens (including phenoxy) is 2. The maximum absolute atomic E-state index is 5.47. The number of para-hydroxylation sites is 1. The van der Waals surface area contributed by atoms with E-state index in [9.17, 15) is 0 Å². The summed E-state index contributed by atoms with van der Waals surface area (Å²) in [4.78, 5) is 0. The molecule has 0 atom stereocenters. The fraction of sp³-hybridized carbons (Fsp3) is 0.188. The highest BCUT2D eigenvalue weighted by Crippen LogP contribution is 2.35. The lowest BCUT2D eigenvalue weighted by atomic mass is 10.0. The van der Waals surface area contributed by atoms with E-state index in [1.807, 2.05) is 0 Å². The minimum absolute atomic E-state index is 0.332. The summed E-state index contributed by atoms with van der Waals surface area (Å²) in [5, 5.41) is 0. The van der Waals surface area contributed by atoms with Crippen molar-refractivity contribution in [3.05, 3.63) is 51.1 Å². The summed E-state index contributed by atoms with van der Waals surface area (Å²) >= 11 is 2.39. The van der Waals surface area contributed by atoms with E-state index in [1.165, 1.54) is 20.4 Å². The van der Waals surface area contributed by atoms with Crippen LogP contribution in [0.15, 0.2) is 36.4 Å². The van der Waals surface area contributed by atoms with E-state index >= 15 is 0 Å². The molecule has 0 saturated carbocycles. The van der Waals surface area contributed by atoms with Crippen molar-refractivity contribution in [2.75, 3.05) is 13.3 Å². The highest BCUT2D eigenvalue weighted by atomic mass is 127. The van der Waals surface area contributed by atoms with Gasteiger partial charge in [0.1, 0.15) is 0 Å². The van der Waals surface area contributed by atoms with Gasteiger partial charge >= 0.3 is 0 Å². The first kappa shape index (κ1) is 12.2. The van der Waals surface area contributed by atoms with Crippen molar-refractivity contribution in [3.63, 3.8) is 0 Å². The number of nitrogens with zero attached hydrogens (tertiary/aromatic N) is 1. The lowest BCUT2D eigenvalue weighted by Crippen LogP contribution is -2.19. The molecule has 2 aliphatic rings. The third kappa shape index (κ3) is 1.98. The minimum Gasteiger partial charge on any atom is -0.454 e. The summed E-state index contributed by atoms with van der Waals surface area (Å²) in [5.41, 5.74) is 3.81. The smallest absolute Gasteiger partial charge is 0.231 e. The number of hydrogen-bond acceptors (Lipinski definition) is 2. The van der Waals surface area contributed by atoms with E-state index in [-0.39, 0.29) is 0 Å². The second-order valence-electron chi connectivity index (χ2n) is 4.93. The summed E-state index contributed by atoms with van der Waals surface area (Å²) in [6.45, 7) is 1.32. The Hall–Kier alpha value is -1.56. The van der Waals surface area contributed by atoms with Gasteiger partial charge in [-0.15, -0.1) is 0 Å². The highest BCUT2D eigenvalue weighted by molar-refractivity contribution is 14.1. The molecule has 2 heterocycles. The lowest BCUT2D eigenvalue weighted by Gasteiger charge is -2.13. The molecule has 20 heavy (non-hydrogen) atoms. The van der Waals surface area contributed by atoms with Crippen LogP contribution in [0.4, 0.5) is 5.69 Å². The second-order valence-corrected chi connectivity index (χ2v) is 6.09. The SMILES string of the molecule is Ic1ccccc1[N+]1=Cc2cc3c(cc2CC1)OCO3. The van der Waals surface area contributed by atoms with Crippen molar-refractivity contribution >= 4 is 34.5 Å². The Morgan fingerprint density at radius 3 is 2.70 bits per heavy atom. The number of fused-ring (bicyclic) bond motifs is 2. The molecule has 4 rings (SSSR count). The normalized spacial score (nSPS) is 15.8. The molecule has 0 fully saturated rings. The van der Waals surface area contributed by atoms with Gasteiger partial charge in [0.05, 0.1) is 3.57 Å². The zero-order valence-corrected chi connectivity index (χ0v) is 13.0. The quantitative estimate of drug-likeness (QED) is 0.561. The average Bonchev–Trinajstić information content (AvgIpc) is 2.92. The van der Waals surface area contributed by atoms with Crippen LogP contribution in [0.2, 0.25) is 0 Å². The monoisotopic (exact) mass is 378 g/mol. The number of benzene rings is 2. The standard InChI is InChI=1S/C16H13INO2/c17-13-3-1-2-4-14(13)18-6-5-11-7-15-16(20-10-19-15)8-12(11)9-18/h1-4,7-9H,5-6,10H2/q+1. The Morgan fingerprint density at radius 1 is 1.05 bits per heavy atom. The van der Waals surface area contributed by atoms with Gasteiger partial charge in [-0.1, -0.05) is 12.1 Å². The van der Waals surface area contributed by atoms with E-state index in [0.29, 0.717) is 6.79 Å². The van der Waals surface area contributed by atoms with Gasteiger partial charge < -0.3 is 9.47 Å². The van der Waals surface area contributed by atoms with Crippen LogP contribution in [-0.2, 0) is 6.42 Å². The molecule has 2 aromatic rings. The molecule has 4 heteroatoms. The topological polar surface area (TPSA) is 21.5 Å². The van der Waals surface area contributed by atoms with Crippen LogP contribution >= 0.6 is 22.6 Å². The van der Waals surface area contributed by atoms with Crippen molar-refractivity contribution in [2.45, 2.75) is 6.42 Å².